The molecule has 4 nitrogen and oxygen atoms in total. The smallest absolute Gasteiger partial charge is 0.190 e. The Morgan fingerprint density at radius 2 is 1.69 bits per heavy atom. The standard InChI is InChI=1S/C19H14BrFN4S/c20-14-5-1-13(2-6-14)11-26-19-24-17(16(10-22)18(23)25-19)9-12-3-7-15(21)8-4-12/h1-8H,9,11H2,(H2,23,24,25). The average Bonchev–Trinajstić information content (AvgIpc) is 2.63. The van der Waals surface area contributed by atoms with Crippen molar-refractivity contribution in [3.05, 3.63) is 81.2 Å². The quantitative estimate of drug-likeness (QED) is 0.470. The molecule has 0 aliphatic rings. The Bertz CT molecular complexity index is 953. The molecule has 3 rings (SSSR count). The summed E-state index contributed by atoms with van der Waals surface area (Å²) in [4.78, 5) is 8.73. The van der Waals surface area contributed by atoms with Crippen molar-refractivity contribution < 1.29 is 4.39 Å². The predicted molar refractivity (Wildman–Crippen MR) is 104 cm³/mol. The largest absolute Gasteiger partial charge is 0.382 e. The highest BCUT2D eigenvalue weighted by atomic mass is 79.9. The maximum absolute atomic E-state index is 13.1. The fourth-order valence-electron chi connectivity index (χ4n) is 2.34. The van der Waals surface area contributed by atoms with Gasteiger partial charge < -0.3 is 5.73 Å². The zero-order valence-corrected chi connectivity index (χ0v) is 16.0. The second kappa shape index (κ2) is 8.30. The van der Waals surface area contributed by atoms with Crippen LogP contribution in [0.15, 0.2) is 58.2 Å². The molecule has 1 aromatic heterocycles. The molecule has 0 atom stereocenters. The first-order chi connectivity index (χ1) is 12.5. The van der Waals surface area contributed by atoms with Crippen LogP contribution in [0.1, 0.15) is 22.4 Å². The number of halogens is 2. The number of benzene rings is 2. The summed E-state index contributed by atoms with van der Waals surface area (Å²) in [7, 11) is 0. The summed E-state index contributed by atoms with van der Waals surface area (Å²) < 4.78 is 14.1. The van der Waals surface area contributed by atoms with E-state index in [9.17, 15) is 9.65 Å². The molecule has 0 radical (unpaired) electrons. The molecular weight excluding hydrogens is 415 g/mol. The van der Waals surface area contributed by atoms with E-state index in [4.69, 9.17) is 5.73 Å². The number of hydrogen-bond donors (Lipinski definition) is 1. The van der Waals surface area contributed by atoms with Crippen molar-refractivity contribution in [1.82, 2.24) is 9.97 Å². The zero-order chi connectivity index (χ0) is 18.5. The summed E-state index contributed by atoms with van der Waals surface area (Å²) in [6, 6.07) is 16.2. The molecule has 1 heterocycles. The maximum atomic E-state index is 13.1. The third kappa shape index (κ3) is 4.59. The summed E-state index contributed by atoms with van der Waals surface area (Å²) in [5.74, 6) is 0.550. The minimum Gasteiger partial charge on any atom is -0.382 e. The van der Waals surface area contributed by atoms with Gasteiger partial charge in [0.25, 0.3) is 0 Å². The van der Waals surface area contributed by atoms with Gasteiger partial charge in [0.05, 0.1) is 5.69 Å². The van der Waals surface area contributed by atoms with E-state index >= 15 is 0 Å². The van der Waals surface area contributed by atoms with Crippen LogP contribution in [0.4, 0.5) is 10.2 Å². The van der Waals surface area contributed by atoms with Gasteiger partial charge in [-0.15, -0.1) is 0 Å². The summed E-state index contributed by atoms with van der Waals surface area (Å²) in [5, 5.41) is 9.88. The van der Waals surface area contributed by atoms with Gasteiger partial charge in [-0.05, 0) is 35.4 Å². The van der Waals surface area contributed by atoms with Crippen molar-refractivity contribution in [3.63, 3.8) is 0 Å². The van der Waals surface area contributed by atoms with Crippen LogP contribution in [-0.4, -0.2) is 9.97 Å². The molecule has 0 aliphatic carbocycles. The molecule has 7 heteroatoms. The Labute approximate surface area is 163 Å². The van der Waals surface area contributed by atoms with Crippen LogP contribution in [0.5, 0.6) is 0 Å². The Balaban J connectivity index is 1.83. The average molecular weight is 429 g/mol. The molecule has 2 N–H and O–H groups in total. The van der Waals surface area contributed by atoms with Gasteiger partial charge in [-0.3, -0.25) is 0 Å². The molecule has 130 valence electrons. The zero-order valence-electron chi connectivity index (χ0n) is 13.6. The lowest BCUT2D eigenvalue weighted by Crippen LogP contribution is -2.06. The molecular formula is C19H14BrFN4S. The van der Waals surface area contributed by atoms with Crippen molar-refractivity contribution in [2.75, 3.05) is 5.73 Å². The fraction of sp³-hybridized carbons (Fsp3) is 0.105. The second-order valence-corrected chi connectivity index (χ2v) is 7.40. The van der Waals surface area contributed by atoms with Crippen LogP contribution >= 0.6 is 27.7 Å². The lowest BCUT2D eigenvalue weighted by molar-refractivity contribution is 0.627. The number of nitrogens with two attached hydrogens (primary N) is 1. The highest BCUT2D eigenvalue weighted by Crippen LogP contribution is 2.25. The van der Waals surface area contributed by atoms with Crippen LogP contribution < -0.4 is 5.73 Å². The van der Waals surface area contributed by atoms with Crippen LogP contribution in [0.3, 0.4) is 0 Å². The van der Waals surface area contributed by atoms with Gasteiger partial charge >= 0.3 is 0 Å². The Kier molecular flexibility index (Phi) is 5.86. The molecule has 0 unspecified atom stereocenters. The van der Waals surface area contributed by atoms with Gasteiger partial charge in [0, 0.05) is 16.6 Å². The Morgan fingerprint density at radius 1 is 1.04 bits per heavy atom. The Hall–Kier alpha value is -2.43. The van der Waals surface area contributed by atoms with Crippen LogP contribution in [-0.2, 0) is 12.2 Å². The summed E-state index contributed by atoms with van der Waals surface area (Å²) in [6.45, 7) is 0. The molecule has 0 bridgehead atoms. The SMILES string of the molecule is N#Cc1c(N)nc(SCc2ccc(Br)cc2)nc1Cc1ccc(F)cc1. The highest BCUT2D eigenvalue weighted by Gasteiger charge is 2.13. The Morgan fingerprint density at radius 3 is 2.35 bits per heavy atom. The van der Waals surface area contributed by atoms with Gasteiger partial charge in [0.15, 0.2) is 5.16 Å². The normalized spacial score (nSPS) is 10.5. The molecule has 3 aromatic rings. The van der Waals surface area contributed by atoms with Crippen molar-refractivity contribution in [1.29, 1.82) is 5.26 Å². The van der Waals surface area contributed by atoms with E-state index in [1.165, 1.54) is 23.9 Å². The summed E-state index contributed by atoms with van der Waals surface area (Å²) in [6.07, 6.45) is 0.391. The van der Waals surface area contributed by atoms with E-state index in [0.717, 1.165) is 15.6 Å². The van der Waals surface area contributed by atoms with Gasteiger partial charge in [-0.1, -0.05) is 52.0 Å². The topological polar surface area (TPSA) is 75.6 Å². The lowest BCUT2D eigenvalue weighted by atomic mass is 10.1. The van der Waals surface area contributed by atoms with Gasteiger partial charge in [-0.25, -0.2) is 14.4 Å². The van der Waals surface area contributed by atoms with E-state index < -0.39 is 0 Å². The lowest BCUT2D eigenvalue weighted by Gasteiger charge is -2.09. The molecule has 0 spiro atoms. The minimum absolute atomic E-state index is 0.165. The number of nitrogen functional groups attached to an aromatic ring is 1. The van der Waals surface area contributed by atoms with Gasteiger partial charge in [0.1, 0.15) is 23.3 Å². The molecule has 0 saturated carbocycles. The van der Waals surface area contributed by atoms with E-state index in [1.54, 1.807) is 12.1 Å². The van der Waals surface area contributed by atoms with E-state index in [2.05, 4.69) is 32.0 Å². The summed E-state index contributed by atoms with van der Waals surface area (Å²) >= 11 is 4.86. The van der Waals surface area contributed by atoms with Crippen LogP contribution in [0.25, 0.3) is 0 Å². The number of thioether (sulfide) groups is 1. The monoisotopic (exact) mass is 428 g/mol. The van der Waals surface area contributed by atoms with Crippen molar-refractivity contribution in [3.8, 4) is 6.07 Å². The van der Waals surface area contributed by atoms with Crippen molar-refractivity contribution >= 4 is 33.5 Å². The molecule has 2 aromatic carbocycles. The van der Waals surface area contributed by atoms with E-state index in [1.807, 2.05) is 24.3 Å². The van der Waals surface area contributed by atoms with Crippen LogP contribution in [0, 0.1) is 17.1 Å². The number of rotatable bonds is 5. The second-order valence-electron chi connectivity index (χ2n) is 5.54. The minimum atomic E-state index is -0.304. The van der Waals surface area contributed by atoms with Crippen LogP contribution in [0.2, 0.25) is 0 Å². The first-order valence-corrected chi connectivity index (χ1v) is 9.51. The fourth-order valence-corrected chi connectivity index (χ4v) is 3.43. The number of nitrogens with zero attached hydrogens (tertiary/aromatic N) is 3. The number of aromatic nitrogens is 2. The van der Waals surface area contributed by atoms with Crippen molar-refractivity contribution in [2.24, 2.45) is 0 Å². The third-order valence-electron chi connectivity index (χ3n) is 3.67. The number of anilines is 1. The van der Waals surface area contributed by atoms with Gasteiger partial charge in [0.2, 0.25) is 0 Å². The predicted octanol–water partition coefficient (Wildman–Crippen LogP) is 4.72. The molecule has 0 amide bonds. The van der Waals surface area contributed by atoms with E-state index in [0.29, 0.717) is 23.0 Å². The molecule has 26 heavy (non-hydrogen) atoms. The molecule has 0 aliphatic heterocycles. The third-order valence-corrected chi connectivity index (χ3v) is 5.12. The summed E-state index contributed by atoms with van der Waals surface area (Å²) in [5.41, 5.74) is 8.74. The number of nitriles is 1. The maximum Gasteiger partial charge on any atom is 0.190 e. The van der Waals surface area contributed by atoms with E-state index in [-0.39, 0.29) is 17.2 Å². The first kappa shape index (κ1) is 18.4. The van der Waals surface area contributed by atoms with Crippen molar-refractivity contribution in [2.45, 2.75) is 17.3 Å². The molecule has 0 fully saturated rings. The molecule has 0 saturated heterocycles. The first-order valence-electron chi connectivity index (χ1n) is 7.73. The highest BCUT2D eigenvalue weighted by molar-refractivity contribution is 9.10. The number of hydrogen-bond acceptors (Lipinski definition) is 5. The van der Waals surface area contributed by atoms with Gasteiger partial charge in [-0.2, -0.15) is 5.26 Å².